The Morgan fingerprint density at radius 2 is 1.85 bits per heavy atom. The first-order valence-electron chi connectivity index (χ1n) is 8.81. The number of fused-ring (bicyclic) bond motifs is 1. The lowest BCUT2D eigenvalue weighted by atomic mass is 10.0. The van der Waals surface area contributed by atoms with Gasteiger partial charge in [0.15, 0.2) is 0 Å². The molecule has 1 amide bonds. The monoisotopic (exact) mass is 350 g/mol. The summed E-state index contributed by atoms with van der Waals surface area (Å²) in [5.41, 5.74) is 2.83. The molecule has 1 N–H and O–H groups in total. The molecule has 134 valence electrons. The van der Waals surface area contributed by atoms with E-state index < -0.39 is 11.7 Å². The maximum Gasteiger partial charge on any atom is 0.294 e. The highest BCUT2D eigenvalue weighted by molar-refractivity contribution is 6.43. The molecule has 0 radical (unpaired) electrons. The van der Waals surface area contributed by atoms with Gasteiger partial charge in [-0.1, -0.05) is 25.1 Å². The van der Waals surface area contributed by atoms with Gasteiger partial charge in [-0.05, 0) is 49.2 Å². The first-order chi connectivity index (χ1) is 12.7. The number of ether oxygens (including phenoxy) is 1. The zero-order chi connectivity index (χ0) is 18.5. The van der Waals surface area contributed by atoms with Crippen molar-refractivity contribution in [1.29, 1.82) is 0 Å². The lowest BCUT2D eigenvalue weighted by Crippen LogP contribution is -2.32. The second-order valence-electron chi connectivity index (χ2n) is 5.94. The molecule has 0 atom stereocenters. The van der Waals surface area contributed by atoms with Gasteiger partial charge in [0.25, 0.3) is 11.7 Å². The lowest BCUT2D eigenvalue weighted by Gasteiger charge is -2.08. The van der Waals surface area contributed by atoms with Crippen LogP contribution in [0.5, 0.6) is 5.75 Å². The Morgan fingerprint density at radius 3 is 2.54 bits per heavy atom. The normalized spacial score (nSPS) is 10.7. The third-order valence-corrected chi connectivity index (χ3v) is 4.11. The number of nitrogens with one attached hydrogen (secondary N) is 1. The van der Waals surface area contributed by atoms with E-state index in [4.69, 9.17) is 4.74 Å². The number of carbonyl (C=O) groups is 2. The largest absolute Gasteiger partial charge is 0.494 e. The summed E-state index contributed by atoms with van der Waals surface area (Å²) >= 11 is 0. The second kappa shape index (κ2) is 7.87. The number of carbonyl (C=O) groups excluding carboxylic acids is 2. The van der Waals surface area contributed by atoms with Crippen LogP contribution in [0.2, 0.25) is 0 Å². The van der Waals surface area contributed by atoms with Gasteiger partial charge < -0.3 is 14.5 Å². The summed E-state index contributed by atoms with van der Waals surface area (Å²) in [7, 11) is 0. The molecule has 3 rings (SSSR count). The standard InChI is InChI=1S/C21H22N2O3/c1-3-12-22-21(25)20(24)19-18(14-16-7-5-6-13-23(16)19)15-8-10-17(11-9-15)26-4-2/h5-11,13-14H,3-4,12H2,1-2H3,(H,22,25). The first kappa shape index (κ1) is 17.7. The molecule has 26 heavy (non-hydrogen) atoms. The molecular weight excluding hydrogens is 328 g/mol. The summed E-state index contributed by atoms with van der Waals surface area (Å²) in [6.07, 6.45) is 2.58. The zero-order valence-electron chi connectivity index (χ0n) is 15.0. The third-order valence-electron chi connectivity index (χ3n) is 4.11. The Bertz CT molecular complexity index is 926. The summed E-state index contributed by atoms with van der Waals surface area (Å²) in [5.74, 6) is -0.343. The molecule has 0 saturated heterocycles. The maximum atomic E-state index is 12.8. The average Bonchev–Trinajstić information content (AvgIpc) is 3.05. The Labute approximate surface area is 152 Å². The highest BCUT2D eigenvalue weighted by Gasteiger charge is 2.24. The number of rotatable bonds is 7. The Morgan fingerprint density at radius 1 is 1.08 bits per heavy atom. The minimum absolute atomic E-state index is 0.373. The predicted octanol–water partition coefficient (Wildman–Crippen LogP) is 3.71. The molecule has 0 spiro atoms. The number of nitrogens with zero attached hydrogens (tertiary/aromatic N) is 1. The van der Waals surface area contributed by atoms with Crippen molar-refractivity contribution in [3.05, 3.63) is 60.4 Å². The van der Waals surface area contributed by atoms with Crippen LogP contribution in [0.1, 0.15) is 30.8 Å². The number of hydrogen-bond acceptors (Lipinski definition) is 3. The summed E-state index contributed by atoms with van der Waals surface area (Å²) in [6.45, 7) is 4.95. The molecule has 0 aliphatic heterocycles. The maximum absolute atomic E-state index is 12.8. The number of amides is 1. The zero-order valence-corrected chi connectivity index (χ0v) is 15.0. The van der Waals surface area contributed by atoms with Crippen LogP contribution in [0.4, 0.5) is 0 Å². The average molecular weight is 350 g/mol. The Balaban J connectivity index is 2.07. The van der Waals surface area contributed by atoms with E-state index in [2.05, 4.69) is 5.32 Å². The minimum atomic E-state index is -0.581. The number of Topliss-reactive ketones (excluding diaryl/α,β-unsaturated/α-hetero) is 1. The van der Waals surface area contributed by atoms with E-state index in [1.807, 2.05) is 62.4 Å². The molecular formula is C21H22N2O3. The Hall–Kier alpha value is -3.08. The molecule has 0 bridgehead atoms. The molecule has 1 aromatic carbocycles. The van der Waals surface area contributed by atoms with Gasteiger partial charge in [-0.25, -0.2) is 0 Å². The quantitative estimate of drug-likeness (QED) is 0.522. The van der Waals surface area contributed by atoms with Crippen molar-refractivity contribution in [3.8, 4) is 16.9 Å². The van der Waals surface area contributed by atoms with E-state index in [9.17, 15) is 9.59 Å². The Kier molecular flexibility index (Phi) is 5.37. The molecule has 0 aliphatic rings. The predicted molar refractivity (Wildman–Crippen MR) is 102 cm³/mol. The molecule has 5 nitrogen and oxygen atoms in total. The lowest BCUT2D eigenvalue weighted by molar-refractivity contribution is -0.117. The molecule has 0 aliphatic carbocycles. The topological polar surface area (TPSA) is 59.8 Å². The SMILES string of the molecule is CCCNC(=O)C(=O)c1c(-c2ccc(OCC)cc2)cc2ccccn12. The van der Waals surface area contributed by atoms with Gasteiger partial charge in [0.1, 0.15) is 11.4 Å². The number of benzene rings is 1. The van der Waals surface area contributed by atoms with Crippen molar-refractivity contribution in [2.24, 2.45) is 0 Å². The molecule has 0 fully saturated rings. The fraction of sp³-hybridized carbons (Fsp3) is 0.238. The van der Waals surface area contributed by atoms with E-state index in [0.29, 0.717) is 18.8 Å². The smallest absolute Gasteiger partial charge is 0.294 e. The summed E-state index contributed by atoms with van der Waals surface area (Å²) in [6, 6.07) is 15.1. The van der Waals surface area contributed by atoms with Gasteiger partial charge in [0.2, 0.25) is 0 Å². The molecule has 0 unspecified atom stereocenters. The number of pyridine rings is 1. The van der Waals surface area contributed by atoms with Crippen molar-refractivity contribution >= 4 is 17.2 Å². The third kappa shape index (κ3) is 3.47. The van der Waals surface area contributed by atoms with Crippen LogP contribution < -0.4 is 10.1 Å². The summed E-state index contributed by atoms with van der Waals surface area (Å²) < 4.78 is 7.24. The number of aromatic nitrogens is 1. The van der Waals surface area contributed by atoms with Crippen molar-refractivity contribution < 1.29 is 14.3 Å². The fourth-order valence-electron chi connectivity index (χ4n) is 2.90. The van der Waals surface area contributed by atoms with E-state index >= 15 is 0 Å². The van der Waals surface area contributed by atoms with Crippen LogP contribution in [0.3, 0.4) is 0 Å². The van der Waals surface area contributed by atoms with Gasteiger partial charge in [-0.15, -0.1) is 0 Å². The van der Waals surface area contributed by atoms with Gasteiger partial charge in [0, 0.05) is 23.8 Å². The summed E-state index contributed by atoms with van der Waals surface area (Å²) in [5, 5.41) is 2.67. The van der Waals surface area contributed by atoms with Crippen LogP contribution in [0.15, 0.2) is 54.7 Å². The highest BCUT2D eigenvalue weighted by Crippen LogP contribution is 2.29. The van der Waals surface area contributed by atoms with Crippen molar-refractivity contribution in [2.45, 2.75) is 20.3 Å². The van der Waals surface area contributed by atoms with Crippen LogP contribution >= 0.6 is 0 Å². The molecule has 0 saturated carbocycles. The van der Waals surface area contributed by atoms with Crippen molar-refractivity contribution in [2.75, 3.05) is 13.2 Å². The van der Waals surface area contributed by atoms with Crippen molar-refractivity contribution in [1.82, 2.24) is 9.72 Å². The van der Waals surface area contributed by atoms with E-state index in [-0.39, 0.29) is 0 Å². The fourth-order valence-corrected chi connectivity index (χ4v) is 2.90. The highest BCUT2D eigenvalue weighted by atomic mass is 16.5. The molecule has 3 aromatic rings. The van der Waals surface area contributed by atoms with Crippen molar-refractivity contribution in [3.63, 3.8) is 0 Å². The van der Waals surface area contributed by atoms with Crippen LogP contribution in [-0.2, 0) is 4.79 Å². The molecule has 5 heteroatoms. The molecule has 2 aromatic heterocycles. The van der Waals surface area contributed by atoms with Gasteiger partial charge in [-0.3, -0.25) is 9.59 Å². The first-order valence-corrected chi connectivity index (χ1v) is 8.81. The van der Waals surface area contributed by atoms with Crippen LogP contribution in [0.25, 0.3) is 16.6 Å². The summed E-state index contributed by atoms with van der Waals surface area (Å²) in [4.78, 5) is 25.1. The van der Waals surface area contributed by atoms with Gasteiger partial charge >= 0.3 is 0 Å². The second-order valence-corrected chi connectivity index (χ2v) is 5.94. The van der Waals surface area contributed by atoms with E-state index in [1.54, 1.807) is 10.6 Å². The van der Waals surface area contributed by atoms with E-state index in [1.165, 1.54) is 0 Å². The van der Waals surface area contributed by atoms with Crippen LogP contribution in [-0.4, -0.2) is 29.2 Å². The van der Waals surface area contributed by atoms with Gasteiger partial charge in [0.05, 0.1) is 6.61 Å². The molecule has 2 heterocycles. The van der Waals surface area contributed by atoms with Gasteiger partial charge in [-0.2, -0.15) is 0 Å². The number of hydrogen-bond donors (Lipinski definition) is 1. The minimum Gasteiger partial charge on any atom is -0.494 e. The number of ketones is 1. The van der Waals surface area contributed by atoms with E-state index in [0.717, 1.165) is 28.8 Å². The van der Waals surface area contributed by atoms with Crippen LogP contribution in [0, 0.1) is 0 Å².